The van der Waals surface area contributed by atoms with Gasteiger partial charge in [0.2, 0.25) is 0 Å². The van der Waals surface area contributed by atoms with Crippen LogP contribution in [0.5, 0.6) is 0 Å². The van der Waals surface area contributed by atoms with Crippen molar-refractivity contribution in [1.82, 2.24) is 9.88 Å². The van der Waals surface area contributed by atoms with Crippen molar-refractivity contribution in [2.75, 3.05) is 32.1 Å². The van der Waals surface area contributed by atoms with Crippen LogP contribution < -0.4 is 4.90 Å². The average molecular weight is 444 g/mol. The summed E-state index contributed by atoms with van der Waals surface area (Å²) >= 11 is 1.35. The number of hydrogen-bond donors (Lipinski definition) is 0. The number of carbonyl (C=O) groups is 1. The van der Waals surface area contributed by atoms with Gasteiger partial charge in [-0.3, -0.25) is 9.69 Å². The van der Waals surface area contributed by atoms with Gasteiger partial charge in [0.1, 0.15) is 11.3 Å². The van der Waals surface area contributed by atoms with E-state index in [0.29, 0.717) is 22.8 Å². The van der Waals surface area contributed by atoms with E-state index >= 15 is 0 Å². The van der Waals surface area contributed by atoms with Crippen LogP contribution in [0.1, 0.15) is 16.8 Å². The molecule has 30 heavy (non-hydrogen) atoms. The summed E-state index contributed by atoms with van der Waals surface area (Å²) in [6, 6.07) is 18.5. The molecular formula is C23H23ClFN3OS. The molecule has 7 heteroatoms. The van der Waals surface area contributed by atoms with Crippen LogP contribution in [-0.4, -0.2) is 43.0 Å². The van der Waals surface area contributed by atoms with Crippen LogP contribution in [0.3, 0.4) is 0 Å². The molecule has 0 saturated heterocycles. The van der Waals surface area contributed by atoms with Gasteiger partial charge in [0.25, 0.3) is 5.91 Å². The summed E-state index contributed by atoms with van der Waals surface area (Å²) in [5.41, 5.74) is 0.948. The third kappa shape index (κ3) is 4.46. The molecule has 1 aromatic heterocycles. The molecule has 3 aromatic carbocycles. The number of fused-ring (bicyclic) bond motifs is 2. The molecule has 4 rings (SSSR count). The van der Waals surface area contributed by atoms with Gasteiger partial charge in [-0.05, 0) is 56.0 Å². The maximum absolute atomic E-state index is 14.2. The van der Waals surface area contributed by atoms with E-state index in [0.717, 1.165) is 28.4 Å². The molecule has 0 unspecified atom stereocenters. The van der Waals surface area contributed by atoms with Crippen LogP contribution in [0, 0.1) is 5.82 Å². The van der Waals surface area contributed by atoms with Gasteiger partial charge in [0, 0.05) is 12.1 Å². The smallest absolute Gasteiger partial charge is 0.260 e. The number of halogens is 2. The summed E-state index contributed by atoms with van der Waals surface area (Å²) in [5.74, 6) is -0.476. The molecule has 4 nitrogen and oxygen atoms in total. The van der Waals surface area contributed by atoms with E-state index in [2.05, 4.69) is 9.88 Å². The van der Waals surface area contributed by atoms with Crippen molar-refractivity contribution in [3.8, 4) is 0 Å². The van der Waals surface area contributed by atoms with Crippen molar-refractivity contribution in [1.29, 1.82) is 0 Å². The minimum atomic E-state index is -0.365. The predicted octanol–water partition coefficient (Wildman–Crippen LogP) is 5.61. The number of hydrogen-bond acceptors (Lipinski definition) is 4. The van der Waals surface area contributed by atoms with Gasteiger partial charge in [-0.15, -0.1) is 12.4 Å². The number of para-hydroxylation sites is 1. The molecule has 0 fully saturated rings. The molecule has 4 aromatic rings. The van der Waals surface area contributed by atoms with E-state index in [-0.39, 0.29) is 24.1 Å². The summed E-state index contributed by atoms with van der Waals surface area (Å²) in [4.78, 5) is 21.8. The number of rotatable bonds is 6. The van der Waals surface area contributed by atoms with E-state index in [1.807, 2.05) is 62.6 Å². The summed E-state index contributed by atoms with van der Waals surface area (Å²) in [7, 11) is 4.01. The SMILES string of the molecule is CN(C)CCCN(C(=O)c1cccc2ccccc12)c1nc2c(F)cccc2s1.Cl. The van der Waals surface area contributed by atoms with Crippen LogP contribution >= 0.6 is 23.7 Å². The highest BCUT2D eigenvalue weighted by Gasteiger charge is 2.23. The zero-order valence-corrected chi connectivity index (χ0v) is 18.5. The Morgan fingerprint density at radius 1 is 1.00 bits per heavy atom. The van der Waals surface area contributed by atoms with E-state index in [1.165, 1.54) is 17.4 Å². The molecule has 0 saturated carbocycles. The highest BCUT2D eigenvalue weighted by atomic mass is 35.5. The second kappa shape index (κ2) is 9.51. The third-order valence-corrected chi connectivity index (χ3v) is 5.89. The molecule has 0 N–H and O–H groups in total. The maximum Gasteiger partial charge on any atom is 0.260 e. The van der Waals surface area contributed by atoms with Gasteiger partial charge in [-0.25, -0.2) is 9.37 Å². The molecule has 1 heterocycles. The van der Waals surface area contributed by atoms with Gasteiger partial charge in [-0.2, -0.15) is 0 Å². The fourth-order valence-corrected chi connectivity index (χ4v) is 4.41. The molecule has 0 spiro atoms. The molecule has 1 amide bonds. The Morgan fingerprint density at radius 2 is 1.73 bits per heavy atom. The lowest BCUT2D eigenvalue weighted by molar-refractivity contribution is 0.0987. The highest BCUT2D eigenvalue weighted by molar-refractivity contribution is 7.22. The second-order valence-corrected chi connectivity index (χ2v) is 8.23. The zero-order chi connectivity index (χ0) is 20.4. The number of aromatic nitrogens is 1. The van der Waals surface area contributed by atoms with Crippen LogP contribution in [0.25, 0.3) is 21.0 Å². The topological polar surface area (TPSA) is 36.4 Å². The molecule has 0 atom stereocenters. The first-order valence-electron chi connectivity index (χ1n) is 9.54. The van der Waals surface area contributed by atoms with Crippen molar-refractivity contribution in [3.05, 3.63) is 72.0 Å². The number of nitrogens with zero attached hydrogens (tertiary/aromatic N) is 3. The lowest BCUT2D eigenvalue weighted by atomic mass is 10.0. The highest BCUT2D eigenvalue weighted by Crippen LogP contribution is 2.32. The van der Waals surface area contributed by atoms with Crippen molar-refractivity contribution in [3.63, 3.8) is 0 Å². The summed E-state index contributed by atoms with van der Waals surface area (Å²) in [6.45, 7) is 1.36. The fourth-order valence-electron chi connectivity index (χ4n) is 3.41. The number of amides is 1. The summed E-state index contributed by atoms with van der Waals surface area (Å²) in [6.07, 6.45) is 0.794. The quantitative estimate of drug-likeness (QED) is 0.388. The molecule has 0 aliphatic carbocycles. The fraction of sp³-hybridized carbons (Fsp3) is 0.217. The van der Waals surface area contributed by atoms with Crippen LogP contribution in [0.2, 0.25) is 0 Å². The minimum Gasteiger partial charge on any atom is -0.309 e. The van der Waals surface area contributed by atoms with Crippen molar-refractivity contribution < 1.29 is 9.18 Å². The molecule has 0 aliphatic rings. The molecule has 0 aliphatic heterocycles. The lowest BCUT2D eigenvalue weighted by Gasteiger charge is -2.21. The van der Waals surface area contributed by atoms with Crippen LogP contribution in [0.4, 0.5) is 9.52 Å². The van der Waals surface area contributed by atoms with Gasteiger partial charge in [-0.1, -0.05) is 53.8 Å². The number of benzene rings is 3. The Labute approximate surface area is 185 Å². The Hall–Kier alpha value is -2.54. The number of carbonyl (C=O) groups excluding carboxylic acids is 1. The first kappa shape index (κ1) is 22.2. The van der Waals surface area contributed by atoms with Crippen molar-refractivity contribution in [2.24, 2.45) is 0 Å². The van der Waals surface area contributed by atoms with Crippen molar-refractivity contribution >= 4 is 55.8 Å². The van der Waals surface area contributed by atoms with E-state index < -0.39 is 0 Å². The van der Waals surface area contributed by atoms with Gasteiger partial charge >= 0.3 is 0 Å². The first-order valence-corrected chi connectivity index (χ1v) is 10.4. The van der Waals surface area contributed by atoms with Crippen LogP contribution in [-0.2, 0) is 0 Å². The summed E-state index contributed by atoms with van der Waals surface area (Å²) in [5, 5.41) is 2.45. The van der Waals surface area contributed by atoms with Crippen LogP contribution in [0.15, 0.2) is 60.7 Å². The lowest BCUT2D eigenvalue weighted by Crippen LogP contribution is -2.33. The van der Waals surface area contributed by atoms with Gasteiger partial charge in [0.05, 0.1) is 4.70 Å². The van der Waals surface area contributed by atoms with Gasteiger partial charge < -0.3 is 4.90 Å². The van der Waals surface area contributed by atoms with Gasteiger partial charge in [0.15, 0.2) is 5.13 Å². The summed E-state index contributed by atoms with van der Waals surface area (Å²) < 4.78 is 14.9. The average Bonchev–Trinajstić information content (AvgIpc) is 3.15. The minimum absolute atomic E-state index is 0. The Bertz CT molecular complexity index is 1170. The normalized spacial score (nSPS) is 11.1. The molecule has 0 radical (unpaired) electrons. The Kier molecular flexibility index (Phi) is 7.02. The molecule has 0 bridgehead atoms. The largest absolute Gasteiger partial charge is 0.309 e. The van der Waals surface area contributed by atoms with E-state index in [9.17, 15) is 9.18 Å². The Morgan fingerprint density at radius 3 is 2.50 bits per heavy atom. The zero-order valence-electron chi connectivity index (χ0n) is 16.8. The standard InChI is InChI=1S/C23H22FN3OS.ClH/c1-26(2)14-7-15-27(23-25-21-19(24)12-6-13-20(21)29-23)22(28)18-11-5-9-16-8-3-4-10-17(16)18;/h3-6,8-13H,7,14-15H2,1-2H3;1H. The van der Waals surface area contributed by atoms with E-state index in [1.54, 1.807) is 11.0 Å². The maximum atomic E-state index is 14.2. The van der Waals surface area contributed by atoms with E-state index in [4.69, 9.17) is 0 Å². The predicted molar refractivity (Wildman–Crippen MR) is 126 cm³/mol. The first-order chi connectivity index (χ1) is 14.0. The monoisotopic (exact) mass is 443 g/mol. The molecular weight excluding hydrogens is 421 g/mol. The number of anilines is 1. The third-order valence-electron chi connectivity index (χ3n) is 4.84. The number of thiazole rings is 1. The molecule has 156 valence electrons. The Balaban J connectivity index is 0.00000256. The van der Waals surface area contributed by atoms with Crippen molar-refractivity contribution in [2.45, 2.75) is 6.42 Å². The second-order valence-electron chi connectivity index (χ2n) is 7.22.